The lowest BCUT2D eigenvalue weighted by molar-refractivity contribution is 0.0824. The lowest BCUT2D eigenvalue weighted by Gasteiger charge is -2.29. The second-order valence-electron chi connectivity index (χ2n) is 13.3. The van der Waals surface area contributed by atoms with Crippen LogP contribution < -0.4 is 20.8 Å². The minimum absolute atomic E-state index is 0.219. The molecule has 4 N–H and O–H groups in total. The SMILES string of the molecule is CC(C)(C)NS(=O)(=O)c1ccc(-c2sc(C(=O)NCC(C)(C)C3NOC(=O)N3)nc2CC2CCCCC2)c2ccccc12. The van der Waals surface area contributed by atoms with Crippen LogP contribution in [0.3, 0.4) is 0 Å². The van der Waals surface area contributed by atoms with E-state index >= 15 is 0 Å². The number of aromatic nitrogens is 1. The number of hydroxylamine groups is 1. The number of nitrogens with zero attached hydrogens (tertiary/aromatic N) is 1. The van der Waals surface area contributed by atoms with Crippen LogP contribution in [0.2, 0.25) is 0 Å². The van der Waals surface area contributed by atoms with Crippen molar-refractivity contribution in [1.29, 1.82) is 0 Å². The van der Waals surface area contributed by atoms with Gasteiger partial charge in [-0.1, -0.05) is 76.3 Å². The summed E-state index contributed by atoms with van der Waals surface area (Å²) in [7, 11) is -3.78. The first-order chi connectivity index (χ1) is 20.2. The summed E-state index contributed by atoms with van der Waals surface area (Å²) < 4.78 is 29.5. The Bertz CT molecular complexity index is 1620. The molecule has 1 saturated heterocycles. The van der Waals surface area contributed by atoms with Crippen molar-refractivity contribution in [1.82, 2.24) is 25.8 Å². The quantitative estimate of drug-likeness (QED) is 0.246. The molecule has 1 aromatic heterocycles. The molecule has 1 saturated carbocycles. The molecule has 0 radical (unpaired) electrons. The molecule has 0 spiro atoms. The smallest absolute Gasteiger partial charge is 0.352 e. The molecule has 5 rings (SSSR count). The maximum atomic E-state index is 13.5. The van der Waals surface area contributed by atoms with Gasteiger partial charge >= 0.3 is 6.09 Å². The Hall–Kier alpha value is -3.06. The highest BCUT2D eigenvalue weighted by molar-refractivity contribution is 7.89. The average molecular weight is 628 g/mol. The van der Waals surface area contributed by atoms with Gasteiger partial charge in [0, 0.05) is 28.4 Å². The summed E-state index contributed by atoms with van der Waals surface area (Å²) in [5, 5.41) is 7.46. The first kappa shape index (κ1) is 31.4. The van der Waals surface area contributed by atoms with Gasteiger partial charge in [0.05, 0.1) is 15.5 Å². The van der Waals surface area contributed by atoms with Crippen LogP contribution in [0.5, 0.6) is 0 Å². The molecule has 43 heavy (non-hydrogen) atoms. The molecular formula is C31H41N5O5S2. The molecule has 2 aliphatic rings. The highest BCUT2D eigenvalue weighted by atomic mass is 32.2. The molecule has 10 nitrogen and oxygen atoms in total. The van der Waals surface area contributed by atoms with E-state index in [0.29, 0.717) is 16.3 Å². The number of amides is 2. The van der Waals surface area contributed by atoms with E-state index in [0.717, 1.165) is 40.8 Å². The van der Waals surface area contributed by atoms with E-state index in [-0.39, 0.29) is 17.3 Å². The zero-order chi connectivity index (χ0) is 31.0. The molecule has 2 aromatic carbocycles. The summed E-state index contributed by atoms with van der Waals surface area (Å²) in [6, 6.07) is 11.0. The van der Waals surface area contributed by atoms with E-state index in [1.807, 2.05) is 65.0 Å². The maximum absolute atomic E-state index is 13.5. The Labute approximate surface area is 257 Å². The van der Waals surface area contributed by atoms with Gasteiger partial charge < -0.3 is 15.5 Å². The highest BCUT2D eigenvalue weighted by Crippen LogP contribution is 2.40. The van der Waals surface area contributed by atoms with Gasteiger partial charge in [-0.15, -0.1) is 16.8 Å². The zero-order valence-corrected chi connectivity index (χ0v) is 27.0. The van der Waals surface area contributed by atoms with Crippen molar-refractivity contribution in [3.63, 3.8) is 0 Å². The van der Waals surface area contributed by atoms with Crippen LogP contribution in [0.1, 0.15) is 82.2 Å². The minimum atomic E-state index is -3.78. The molecule has 1 atom stereocenters. The second kappa shape index (κ2) is 12.1. The fraction of sp³-hybridized carbons (Fsp3) is 0.516. The van der Waals surface area contributed by atoms with Gasteiger partial charge in [-0.25, -0.2) is 22.9 Å². The van der Waals surface area contributed by atoms with Gasteiger partial charge in [0.1, 0.15) is 6.17 Å². The Morgan fingerprint density at radius 1 is 1.05 bits per heavy atom. The standard InChI is InChI=1S/C31H41N5O5S2/c1-30(2,3)36-43(39,40)24-16-15-22(20-13-9-10-14-21(20)24)25-23(17-19-11-7-6-8-12-19)33-27(42-25)26(37)32-18-31(4,5)28-34-29(38)41-35-28/h9-10,13-16,19,28,35-36H,6-8,11-12,17-18H2,1-5H3,(H,32,37)(H,34,38). The first-order valence-corrected chi connectivity index (χ1v) is 17.1. The monoisotopic (exact) mass is 627 g/mol. The van der Waals surface area contributed by atoms with E-state index < -0.39 is 33.2 Å². The summed E-state index contributed by atoms with van der Waals surface area (Å²) in [5.41, 5.74) is 3.23. The Morgan fingerprint density at radius 2 is 1.74 bits per heavy atom. The van der Waals surface area contributed by atoms with Gasteiger partial charge in [0.25, 0.3) is 5.91 Å². The largest absolute Gasteiger partial charge is 0.427 e. The summed E-state index contributed by atoms with van der Waals surface area (Å²) in [6.45, 7) is 9.55. The predicted molar refractivity (Wildman–Crippen MR) is 168 cm³/mol. The van der Waals surface area contributed by atoms with E-state index in [1.165, 1.54) is 30.6 Å². The highest BCUT2D eigenvalue weighted by Gasteiger charge is 2.37. The lowest BCUT2D eigenvalue weighted by atomic mass is 9.85. The number of nitrogens with one attached hydrogen (secondary N) is 4. The Balaban J connectivity index is 1.51. The molecule has 2 heterocycles. The molecule has 12 heteroatoms. The van der Waals surface area contributed by atoms with Crippen molar-refractivity contribution in [3.05, 3.63) is 47.1 Å². The fourth-order valence-corrected chi connectivity index (χ4v) is 8.43. The van der Waals surface area contributed by atoms with Crippen LogP contribution in [0.25, 0.3) is 21.2 Å². The maximum Gasteiger partial charge on any atom is 0.427 e. The molecule has 0 bridgehead atoms. The number of rotatable bonds is 9. The fourth-order valence-electron chi connectivity index (χ4n) is 5.75. The van der Waals surface area contributed by atoms with E-state index in [4.69, 9.17) is 9.82 Å². The third-order valence-corrected chi connectivity index (χ3v) is 10.9. The number of sulfonamides is 1. The number of fused-ring (bicyclic) bond motifs is 1. The van der Waals surface area contributed by atoms with Crippen LogP contribution >= 0.6 is 11.3 Å². The third kappa shape index (κ3) is 7.19. The van der Waals surface area contributed by atoms with Crippen LogP contribution in [-0.4, -0.2) is 43.7 Å². The van der Waals surface area contributed by atoms with Crippen LogP contribution in [-0.2, 0) is 21.3 Å². The average Bonchev–Trinajstić information content (AvgIpc) is 3.57. The van der Waals surface area contributed by atoms with Gasteiger partial charge in [-0.3, -0.25) is 4.79 Å². The zero-order valence-electron chi connectivity index (χ0n) is 25.4. The molecule has 3 aromatic rings. The number of thiazole rings is 1. The van der Waals surface area contributed by atoms with Crippen LogP contribution in [0.15, 0.2) is 41.3 Å². The number of hydrogen-bond acceptors (Lipinski definition) is 8. The van der Waals surface area contributed by atoms with E-state index in [2.05, 4.69) is 20.8 Å². The predicted octanol–water partition coefficient (Wildman–Crippen LogP) is 5.49. The normalized spacial score (nSPS) is 18.4. The molecule has 232 valence electrons. The number of carbonyl (C=O) groups excluding carboxylic acids is 2. The summed E-state index contributed by atoms with van der Waals surface area (Å²) in [5.74, 6) is 0.195. The molecule has 1 aliphatic carbocycles. The molecular weight excluding hydrogens is 587 g/mol. The minimum Gasteiger partial charge on any atom is -0.352 e. The van der Waals surface area contributed by atoms with Crippen molar-refractivity contribution in [2.24, 2.45) is 11.3 Å². The van der Waals surface area contributed by atoms with Crippen molar-refractivity contribution in [3.8, 4) is 10.4 Å². The van der Waals surface area contributed by atoms with Crippen molar-refractivity contribution in [2.45, 2.75) is 89.7 Å². The molecule has 1 aliphatic heterocycles. The topological polar surface area (TPSA) is 139 Å². The molecule has 2 amide bonds. The summed E-state index contributed by atoms with van der Waals surface area (Å²) >= 11 is 1.33. The van der Waals surface area contributed by atoms with Gasteiger partial charge in [0.15, 0.2) is 5.01 Å². The molecule has 1 unspecified atom stereocenters. The number of hydrogen-bond donors (Lipinski definition) is 4. The van der Waals surface area contributed by atoms with Gasteiger partial charge in [0.2, 0.25) is 10.0 Å². The van der Waals surface area contributed by atoms with Crippen molar-refractivity contribution >= 4 is 44.1 Å². The summed E-state index contributed by atoms with van der Waals surface area (Å²) in [6.07, 6.45) is 5.64. The third-order valence-electron chi connectivity index (χ3n) is 7.97. The molecule has 2 fully saturated rings. The lowest BCUT2D eigenvalue weighted by Crippen LogP contribution is -2.50. The van der Waals surface area contributed by atoms with E-state index in [1.54, 1.807) is 6.07 Å². The Kier molecular flexibility index (Phi) is 8.86. The van der Waals surface area contributed by atoms with E-state index in [9.17, 15) is 18.0 Å². The second-order valence-corrected chi connectivity index (χ2v) is 15.9. The van der Waals surface area contributed by atoms with Crippen molar-refractivity contribution in [2.75, 3.05) is 6.54 Å². The Morgan fingerprint density at radius 3 is 2.40 bits per heavy atom. The number of benzene rings is 2. The first-order valence-electron chi connectivity index (χ1n) is 14.8. The van der Waals surface area contributed by atoms with Gasteiger partial charge in [-0.2, -0.15) is 0 Å². The van der Waals surface area contributed by atoms with Crippen LogP contribution in [0.4, 0.5) is 4.79 Å². The van der Waals surface area contributed by atoms with Gasteiger partial charge in [-0.05, 0) is 44.6 Å². The van der Waals surface area contributed by atoms with Crippen LogP contribution in [0, 0.1) is 11.3 Å². The number of carbonyl (C=O) groups is 2. The summed E-state index contributed by atoms with van der Waals surface area (Å²) in [4.78, 5) is 35.7. The van der Waals surface area contributed by atoms with Crippen molar-refractivity contribution < 1.29 is 22.8 Å².